The van der Waals surface area contributed by atoms with Crippen LogP contribution in [0.3, 0.4) is 0 Å². The second-order valence-electron chi connectivity index (χ2n) is 5.05. The van der Waals surface area contributed by atoms with E-state index in [0.717, 1.165) is 21.2 Å². The van der Waals surface area contributed by atoms with E-state index < -0.39 is 0 Å². The Kier molecular flexibility index (Phi) is 3.58. The Morgan fingerprint density at radius 2 is 1.79 bits per heavy atom. The van der Waals surface area contributed by atoms with Gasteiger partial charge in [0.15, 0.2) is 11.6 Å². The number of nitrogens with two attached hydrogens (primary N) is 1. The lowest BCUT2D eigenvalue weighted by Gasteiger charge is -2.12. The summed E-state index contributed by atoms with van der Waals surface area (Å²) in [6, 6.07) is 15.3. The largest absolute Gasteiger partial charge is 0.393 e. The lowest BCUT2D eigenvalue weighted by Crippen LogP contribution is -2.08. The van der Waals surface area contributed by atoms with Crippen molar-refractivity contribution in [2.24, 2.45) is 0 Å². The van der Waals surface area contributed by atoms with Gasteiger partial charge in [0.25, 0.3) is 0 Å². The number of rotatable bonds is 3. The lowest BCUT2D eigenvalue weighted by atomic mass is 10.3. The molecule has 4 aromatic rings. The van der Waals surface area contributed by atoms with E-state index in [1.54, 1.807) is 4.68 Å². The minimum atomic E-state index is 0.393. The van der Waals surface area contributed by atoms with Crippen molar-refractivity contribution >= 4 is 44.2 Å². The first-order valence-electron chi connectivity index (χ1n) is 7.17. The fraction of sp³-hybridized carbons (Fsp3) is 0. The molecule has 24 heavy (non-hydrogen) atoms. The van der Waals surface area contributed by atoms with Gasteiger partial charge in [0.2, 0.25) is 0 Å². The number of benzene rings is 2. The third-order valence-corrected chi connectivity index (χ3v) is 4.23. The third-order valence-electron chi connectivity index (χ3n) is 3.54. The highest BCUT2D eigenvalue weighted by Crippen LogP contribution is 2.29. The van der Waals surface area contributed by atoms with Crippen LogP contribution in [0.25, 0.3) is 16.9 Å². The van der Waals surface area contributed by atoms with Gasteiger partial charge in [-0.3, -0.25) is 0 Å². The van der Waals surface area contributed by atoms with Crippen LogP contribution in [0.15, 0.2) is 59.3 Å². The van der Waals surface area contributed by atoms with Gasteiger partial charge in [-0.2, -0.15) is 4.68 Å². The van der Waals surface area contributed by atoms with Crippen molar-refractivity contribution in [3.63, 3.8) is 0 Å². The number of nitrogen functional groups attached to an aromatic ring is 1. The molecule has 4 rings (SSSR count). The summed E-state index contributed by atoms with van der Waals surface area (Å²) in [5.74, 6) is 0.986. The lowest BCUT2D eigenvalue weighted by molar-refractivity contribution is 0.800. The normalized spacial score (nSPS) is 10.9. The highest BCUT2D eigenvalue weighted by molar-refractivity contribution is 9.10. The smallest absolute Gasteiger partial charge is 0.184 e. The first kappa shape index (κ1) is 14.6. The Bertz CT molecular complexity index is 1030. The molecule has 0 radical (unpaired) electrons. The molecule has 0 spiro atoms. The predicted octanol–water partition coefficient (Wildman–Crippen LogP) is 3.30. The van der Waals surface area contributed by atoms with Crippen LogP contribution in [-0.2, 0) is 0 Å². The van der Waals surface area contributed by atoms with Crippen molar-refractivity contribution in [3.8, 4) is 5.82 Å². The number of fused-ring (bicyclic) bond motifs is 1. The summed E-state index contributed by atoms with van der Waals surface area (Å²) in [5, 5.41) is 11.5. The van der Waals surface area contributed by atoms with Crippen molar-refractivity contribution in [2.75, 3.05) is 11.1 Å². The fourth-order valence-electron chi connectivity index (χ4n) is 2.37. The van der Waals surface area contributed by atoms with Crippen LogP contribution in [0, 0.1) is 0 Å². The zero-order valence-electron chi connectivity index (χ0n) is 12.4. The van der Waals surface area contributed by atoms with Gasteiger partial charge < -0.3 is 11.1 Å². The summed E-state index contributed by atoms with van der Waals surface area (Å²) in [6.07, 6.45) is 1.45. The van der Waals surface area contributed by atoms with Crippen molar-refractivity contribution in [2.45, 2.75) is 0 Å². The molecule has 2 heterocycles. The minimum Gasteiger partial charge on any atom is -0.393 e. The number of aromatic nitrogens is 5. The molecule has 3 N–H and O–H groups in total. The van der Waals surface area contributed by atoms with E-state index in [-0.39, 0.29) is 0 Å². The molecule has 0 bridgehead atoms. The molecule has 0 aliphatic carbocycles. The van der Waals surface area contributed by atoms with E-state index in [1.807, 2.05) is 48.5 Å². The maximum Gasteiger partial charge on any atom is 0.184 e. The molecule has 0 amide bonds. The number of hydrogen-bond donors (Lipinski definition) is 2. The van der Waals surface area contributed by atoms with Crippen molar-refractivity contribution in [3.05, 3.63) is 59.3 Å². The first-order chi connectivity index (χ1) is 11.7. The summed E-state index contributed by atoms with van der Waals surface area (Å²) in [5.41, 5.74) is 9.13. The average Bonchev–Trinajstić information content (AvgIpc) is 3.03. The van der Waals surface area contributed by atoms with Gasteiger partial charge in [-0.15, -0.1) is 5.10 Å². The minimum absolute atomic E-state index is 0.393. The second-order valence-corrected chi connectivity index (χ2v) is 5.91. The van der Waals surface area contributed by atoms with Gasteiger partial charge >= 0.3 is 0 Å². The Balaban J connectivity index is 1.80. The van der Waals surface area contributed by atoms with Crippen LogP contribution in [0.5, 0.6) is 0 Å². The molecule has 7 nitrogen and oxygen atoms in total. The monoisotopic (exact) mass is 381 g/mol. The quantitative estimate of drug-likeness (QED) is 0.565. The molecule has 0 saturated heterocycles. The molecule has 2 aromatic heterocycles. The van der Waals surface area contributed by atoms with Gasteiger partial charge in [-0.1, -0.05) is 29.5 Å². The SMILES string of the molecule is Nc1c(Nc2ccccc2Br)ncnc1-n1nnc2ccccc21. The van der Waals surface area contributed by atoms with Crippen molar-refractivity contribution < 1.29 is 0 Å². The number of hydrogen-bond acceptors (Lipinski definition) is 6. The van der Waals surface area contributed by atoms with Crippen LogP contribution < -0.4 is 11.1 Å². The molecule has 118 valence electrons. The molecule has 0 aliphatic heterocycles. The molecule has 0 saturated carbocycles. The molecule has 0 atom stereocenters. The summed E-state index contributed by atoms with van der Waals surface area (Å²) in [7, 11) is 0. The highest BCUT2D eigenvalue weighted by Gasteiger charge is 2.14. The Morgan fingerprint density at radius 1 is 1.00 bits per heavy atom. The van der Waals surface area contributed by atoms with Crippen LogP contribution in [0.2, 0.25) is 0 Å². The van der Waals surface area contributed by atoms with Gasteiger partial charge in [-0.25, -0.2) is 9.97 Å². The molecule has 0 unspecified atom stereocenters. The number of nitrogens with one attached hydrogen (secondary N) is 1. The molecular weight excluding hydrogens is 370 g/mol. The second kappa shape index (κ2) is 5.89. The predicted molar refractivity (Wildman–Crippen MR) is 96.3 cm³/mol. The summed E-state index contributed by atoms with van der Waals surface area (Å²) in [6.45, 7) is 0. The zero-order chi connectivity index (χ0) is 16.5. The van der Waals surface area contributed by atoms with Gasteiger partial charge in [0, 0.05) is 4.47 Å². The maximum atomic E-state index is 6.27. The number of halogens is 1. The Morgan fingerprint density at radius 3 is 2.67 bits per heavy atom. The topological polar surface area (TPSA) is 94.5 Å². The molecule has 2 aromatic carbocycles. The van der Waals surface area contributed by atoms with E-state index in [0.29, 0.717) is 17.3 Å². The summed E-state index contributed by atoms with van der Waals surface area (Å²) < 4.78 is 2.52. The average molecular weight is 382 g/mol. The van der Waals surface area contributed by atoms with Gasteiger partial charge in [-0.05, 0) is 40.2 Å². The molecule has 8 heteroatoms. The maximum absolute atomic E-state index is 6.27. The Hall–Kier alpha value is -3.00. The van der Waals surface area contributed by atoms with E-state index in [4.69, 9.17) is 5.73 Å². The standard InChI is InChI=1S/C16H12BrN7/c17-10-5-1-2-6-11(10)21-15-14(18)16(20-9-19-15)24-13-8-4-3-7-12(13)22-23-24/h1-9H,18H2,(H,19,20,21). The van der Waals surface area contributed by atoms with Crippen molar-refractivity contribution in [1.82, 2.24) is 25.0 Å². The first-order valence-corrected chi connectivity index (χ1v) is 7.96. The van der Waals surface area contributed by atoms with E-state index >= 15 is 0 Å². The van der Waals surface area contributed by atoms with Crippen LogP contribution in [0.4, 0.5) is 17.2 Å². The zero-order valence-corrected chi connectivity index (χ0v) is 14.0. The van der Waals surface area contributed by atoms with E-state index in [2.05, 4.69) is 41.5 Å². The van der Waals surface area contributed by atoms with Crippen LogP contribution in [-0.4, -0.2) is 25.0 Å². The van der Waals surface area contributed by atoms with E-state index in [9.17, 15) is 0 Å². The number of para-hydroxylation sites is 2. The molecule has 0 aliphatic rings. The number of anilines is 3. The van der Waals surface area contributed by atoms with Gasteiger partial charge in [0.1, 0.15) is 17.5 Å². The molecular formula is C16H12BrN7. The van der Waals surface area contributed by atoms with E-state index in [1.165, 1.54) is 6.33 Å². The summed E-state index contributed by atoms with van der Waals surface area (Å²) in [4.78, 5) is 8.50. The number of nitrogens with zero attached hydrogens (tertiary/aromatic N) is 5. The highest BCUT2D eigenvalue weighted by atomic mass is 79.9. The fourth-order valence-corrected chi connectivity index (χ4v) is 2.75. The van der Waals surface area contributed by atoms with Crippen LogP contribution in [0.1, 0.15) is 0 Å². The molecule has 0 fully saturated rings. The Labute approximate surface area is 145 Å². The van der Waals surface area contributed by atoms with Crippen LogP contribution >= 0.6 is 15.9 Å². The third kappa shape index (κ3) is 2.46. The van der Waals surface area contributed by atoms with Crippen molar-refractivity contribution in [1.29, 1.82) is 0 Å². The van der Waals surface area contributed by atoms with Gasteiger partial charge in [0.05, 0.1) is 11.2 Å². The summed E-state index contributed by atoms with van der Waals surface area (Å²) >= 11 is 3.49.